The van der Waals surface area contributed by atoms with Gasteiger partial charge in [-0.3, -0.25) is 19.4 Å². The second kappa shape index (κ2) is 22.4. The quantitative estimate of drug-likeness (QED) is 0.0551. The number of carbonyl (C=O) groups excluding carboxylic acids is 2. The predicted octanol–water partition coefficient (Wildman–Crippen LogP) is 10.5. The maximum absolute atomic E-state index is 12.9. The lowest BCUT2D eigenvalue weighted by atomic mass is 10.0. The van der Waals surface area contributed by atoms with Gasteiger partial charge in [0, 0.05) is 60.9 Å². The van der Waals surface area contributed by atoms with Crippen molar-refractivity contribution in [2.75, 3.05) is 55.9 Å². The Morgan fingerprint density at radius 2 is 1.60 bits per heavy atom. The van der Waals surface area contributed by atoms with Crippen LogP contribution in [0.4, 0.5) is 11.4 Å². The number of nitrogens with zero attached hydrogens (tertiary/aromatic N) is 3. The Morgan fingerprint density at radius 3 is 2.42 bits per heavy atom. The Balaban J connectivity index is 0.922. The summed E-state index contributed by atoms with van der Waals surface area (Å²) < 4.78 is 13.1. The van der Waals surface area contributed by atoms with Crippen molar-refractivity contribution in [3.8, 4) is 5.75 Å². The molecule has 5 rings (SSSR count). The van der Waals surface area contributed by atoms with E-state index in [-0.39, 0.29) is 18.6 Å². The first-order chi connectivity index (χ1) is 25.6. The molecular weight excluding hydrogens is 667 g/mol. The van der Waals surface area contributed by atoms with Gasteiger partial charge in [0.15, 0.2) is 6.73 Å². The Labute approximate surface area is 316 Å². The summed E-state index contributed by atoms with van der Waals surface area (Å²) in [5, 5.41) is 3.56. The molecule has 1 saturated heterocycles. The second-order valence-corrected chi connectivity index (χ2v) is 15.2. The van der Waals surface area contributed by atoms with Gasteiger partial charge in [-0.1, -0.05) is 75.5 Å². The van der Waals surface area contributed by atoms with E-state index >= 15 is 0 Å². The van der Waals surface area contributed by atoms with Gasteiger partial charge in [-0.2, -0.15) is 0 Å². The minimum absolute atomic E-state index is 0.0124. The fraction of sp³-hybridized carbons (Fsp3) is 0.545. The van der Waals surface area contributed by atoms with Crippen molar-refractivity contribution in [3.63, 3.8) is 0 Å². The van der Waals surface area contributed by atoms with E-state index in [9.17, 15) is 9.59 Å². The number of anilines is 2. The third-order valence-corrected chi connectivity index (χ3v) is 11.1. The van der Waals surface area contributed by atoms with Crippen LogP contribution >= 0.6 is 11.3 Å². The number of esters is 1. The summed E-state index contributed by atoms with van der Waals surface area (Å²) in [4.78, 5) is 32.1. The van der Waals surface area contributed by atoms with E-state index < -0.39 is 0 Å². The number of rotatable bonds is 23. The number of ether oxygens (including phenoxy) is 2. The number of allylic oxidation sites excluding steroid dienone is 4. The topological polar surface area (TPSA) is 62.3 Å². The van der Waals surface area contributed by atoms with Gasteiger partial charge in [-0.05, 0) is 99.5 Å². The van der Waals surface area contributed by atoms with Crippen LogP contribution in [-0.4, -0.2) is 62.8 Å². The maximum atomic E-state index is 12.9. The molecule has 52 heavy (non-hydrogen) atoms. The molecule has 282 valence electrons. The fourth-order valence-corrected chi connectivity index (χ4v) is 7.94. The van der Waals surface area contributed by atoms with Gasteiger partial charge >= 0.3 is 5.97 Å². The molecule has 0 bridgehead atoms. The first kappa shape index (κ1) is 39.6. The van der Waals surface area contributed by atoms with Crippen molar-refractivity contribution in [2.24, 2.45) is 0 Å². The lowest BCUT2D eigenvalue weighted by molar-refractivity contribution is -0.144. The molecule has 1 aromatic heterocycles. The average Bonchev–Trinajstić information content (AvgIpc) is 3.66. The number of hydrogen-bond donors (Lipinski definition) is 0. The Kier molecular flexibility index (Phi) is 17.1. The molecule has 2 aromatic carbocycles. The van der Waals surface area contributed by atoms with Gasteiger partial charge in [0.25, 0.3) is 0 Å². The van der Waals surface area contributed by atoms with E-state index in [0.717, 1.165) is 94.7 Å². The summed E-state index contributed by atoms with van der Waals surface area (Å²) in [6, 6.07) is 14.9. The van der Waals surface area contributed by atoms with Crippen LogP contribution in [0, 0.1) is 0 Å². The smallest absolute Gasteiger partial charge is 0.307 e. The summed E-state index contributed by atoms with van der Waals surface area (Å²) in [5.74, 6) is 0.506. The molecule has 0 aliphatic carbocycles. The van der Waals surface area contributed by atoms with E-state index in [1.54, 1.807) is 4.90 Å². The van der Waals surface area contributed by atoms with Gasteiger partial charge in [0.1, 0.15) is 5.75 Å². The zero-order valence-corrected chi connectivity index (χ0v) is 32.4. The minimum Gasteiger partial charge on any atom is -0.494 e. The number of carbonyl (C=O) groups is 2. The second-order valence-electron chi connectivity index (χ2n) is 14.2. The number of aryl methyl sites for hydroxylation is 1. The third kappa shape index (κ3) is 12.8. The predicted molar refractivity (Wildman–Crippen MR) is 218 cm³/mol. The van der Waals surface area contributed by atoms with Gasteiger partial charge < -0.3 is 14.4 Å². The van der Waals surface area contributed by atoms with E-state index in [0.29, 0.717) is 25.9 Å². The minimum atomic E-state index is -0.237. The number of piperazine rings is 1. The highest BCUT2D eigenvalue weighted by Crippen LogP contribution is 2.33. The summed E-state index contributed by atoms with van der Waals surface area (Å²) in [6.45, 7) is 8.19. The molecule has 0 spiro atoms. The zero-order chi connectivity index (χ0) is 36.2. The highest BCUT2D eigenvalue weighted by Gasteiger charge is 2.26. The first-order valence-corrected chi connectivity index (χ1v) is 21.0. The molecule has 0 atom stereocenters. The summed E-state index contributed by atoms with van der Waals surface area (Å²) in [7, 11) is 0. The number of thiophene rings is 1. The molecule has 0 unspecified atom stereocenters. The van der Waals surface area contributed by atoms with E-state index in [4.69, 9.17) is 9.47 Å². The Morgan fingerprint density at radius 1 is 0.808 bits per heavy atom. The monoisotopic (exact) mass is 727 g/mol. The van der Waals surface area contributed by atoms with E-state index in [2.05, 4.69) is 70.7 Å². The van der Waals surface area contributed by atoms with Crippen LogP contribution in [0.15, 0.2) is 72.1 Å². The van der Waals surface area contributed by atoms with Crippen molar-refractivity contribution >= 4 is 44.7 Å². The van der Waals surface area contributed by atoms with Crippen molar-refractivity contribution in [2.45, 2.75) is 110 Å². The largest absolute Gasteiger partial charge is 0.494 e. The molecule has 0 radical (unpaired) electrons. The van der Waals surface area contributed by atoms with Crippen LogP contribution in [0.1, 0.15) is 109 Å². The van der Waals surface area contributed by atoms with Crippen molar-refractivity contribution in [3.05, 3.63) is 77.7 Å². The van der Waals surface area contributed by atoms with E-state index in [1.807, 2.05) is 29.5 Å². The molecule has 0 N–H and O–H groups in total. The van der Waals surface area contributed by atoms with Crippen LogP contribution in [0.3, 0.4) is 0 Å². The fourth-order valence-electron chi connectivity index (χ4n) is 7.13. The lowest BCUT2D eigenvalue weighted by Gasteiger charge is -2.36. The van der Waals surface area contributed by atoms with Gasteiger partial charge in [0.05, 0.1) is 12.3 Å². The summed E-state index contributed by atoms with van der Waals surface area (Å²) >= 11 is 1.81. The van der Waals surface area contributed by atoms with Crippen LogP contribution in [-0.2, 0) is 20.7 Å². The first-order valence-electron chi connectivity index (χ1n) is 20.1. The number of hydrogen-bond acceptors (Lipinski definition) is 7. The van der Waals surface area contributed by atoms with Gasteiger partial charge in [0.2, 0.25) is 5.91 Å². The standard InChI is InChI=1S/C44H61N3O4S/c1-2-3-4-5-6-7-8-9-10-11-12-13-14-15-16-22-44(49)51-36-47-41-35-38(25-23-37(41)24-26-43(47)48)50-33-18-17-28-45-29-31-46(32-30-45)40-20-19-21-42-39(40)27-34-52-42/h6-7,9-10,19-21,23,25,27,34-35H,2-5,8,11-18,22,24,26,28-33,36H2,1H3/b7-6-,10-9-. The van der Waals surface area contributed by atoms with Gasteiger partial charge in [-0.15, -0.1) is 11.3 Å². The molecule has 1 fully saturated rings. The van der Waals surface area contributed by atoms with Crippen molar-refractivity contribution < 1.29 is 19.1 Å². The number of fused-ring (bicyclic) bond motifs is 2. The average molecular weight is 728 g/mol. The molecule has 3 aromatic rings. The van der Waals surface area contributed by atoms with Crippen LogP contribution in [0.2, 0.25) is 0 Å². The van der Waals surface area contributed by atoms with E-state index in [1.165, 1.54) is 54.3 Å². The lowest BCUT2D eigenvalue weighted by Crippen LogP contribution is -2.46. The number of unbranched alkanes of at least 4 members (excludes halogenated alkanes) is 9. The third-order valence-electron chi connectivity index (χ3n) is 10.3. The molecule has 1 amide bonds. The zero-order valence-electron chi connectivity index (χ0n) is 31.6. The maximum Gasteiger partial charge on any atom is 0.307 e. The van der Waals surface area contributed by atoms with Crippen LogP contribution in [0.5, 0.6) is 5.75 Å². The highest BCUT2D eigenvalue weighted by atomic mass is 32.1. The molecule has 2 aliphatic heterocycles. The number of benzene rings is 2. The molecular formula is C44H61N3O4S. The number of amides is 1. The summed E-state index contributed by atoms with van der Waals surface area (Å²) in [5.41, 5.74) is 3.25. The highest BCUT2D eigenvalue weighted by molar-refractivity contribution is 7.17. The summed E-state index contributed by atoms with van der Waals surface area (Å²) in [6.07, 6.45) is 25.3. The van der Waals surface area contributed by atoms with Gasteiger partial charge in [-0.25, -0.2) is 0 Å². The Bertz CT molecular complexity index is 1570. The van der Waals surface area contributed by atoms with Crippen LogP contribution in [0.25, 0.3) is 10.1 Å². The molecule has 7 nitrogen and oxygen atoms in total. The SMILES string of the molecule is CCCCC/C=C\C/C=C\CCCCCCCC(=O)OCN1C(=O)CCc2ccc(OCCCCN3CCN(c4cccc5sccc45)CC3)cc21. The Hall–Kier alpha value is -3.62. The normalized spacial score (nSPS) is 15.3. The molecule has 8 heteroatoms. The van der Waals surface area contributed by atoms with Crippen molar-refractivity contribution in [1.82, 2.24) is 4.90 Å². The van der Waals surface area contributed by atoms with Crippen LogP contribution < -0.4 is 14.5 Å². The molecule has 3 heterocycles. The van der Waals surface area contributed by atoms with Crippen molar-refractivity contribution in [1.29, 1.82) is 0 Å². The molecule has 2 aliphatic rings. The molecule has 0 saturated carbocycles.